The van der Waals surface area contributed by atoms with Crippen molar-refractivity contribution in [3.05, 3.63) is 71.3 Å². The van der Waals surface area contributed by atoms with Gasteiger partial charge in [0.25, 0.3) is 5.92 Å². The third-order valence-electron chi connectivity index (χ3n) is 6.13. The lowest BCUT2D eigenvalue weighted by Crippen LogP contribution is -2.18. The highest BCUT2D eigenvalue weighted by molar-refractivity contribution is 5.96. The second-order valence-corrected chi connectivity index (χ2v) is 8.54. The zero-order chi connectivity index (χ0) is 24.5. The number of pyridine rings is 2. The third kappa shape index (κ3) is 4.81. The number of allylic oxidation sites excluding steroid dienone is 6. The lowest BCUT2D eigenvalue weighted by Gasteiger charge is -2.12. The van der Waals surface area contributed by atoms with Gasteiger partial charge in [-0.1, -0.05) is 18.6 Å². The zero-order valence-electron chi connectivity index (χ0n) is 19.6. The van der Waals surface area contributed by atoms with E-state index < -0.39 is 24.2 Å². The molecule has 3 heterocycles. The Kier molecular flexibility index (Phi) is 6.41. The van der Waals surface area contributed by atoms with E-state index in [9.17, 15) is 13.6 Å². The second kappa shape index (κ2) is 9.29. The number of carbonyl (C=O) groups is 1. The predicted octanol–water partition coefficient (Wildman–Crippen LogP) is 6.18. The van der Waals surface area contributed by atoms with Crippen LogP contribution in [0.5, 0.6) is 0 Å². The molecule has 1 unspecified atom stereocenters. The summed E-state index contributed by atoms with van der Waals surface area (Å²) in [4.78, 5) is 20.7. The Morgan fingerprint density at radius 1 is 1.26 bits per heavy atom. The van der Waals surface area contributed by atoms with Gasteiger partial charge in [-0.15, -0.1) is 0 Å². The Morgan fingerprint density at radius 3 is 2.65 bits per heavy atom. The SMILES string of the molecule is C\C=C(/C(C)=C\C(=C(/C)CC)c1ccn[nH]1)c1cnc2cc(NC(=O)C3CC3(F)F)ncc2c1. The summed E-state index contributed by atoms with van der Waals surface area (Å²) < 4.78 is 26.3. The van der Waals surface area contributed by atoms with Crippen LogP contribution in [0.15, 0.2) is 60.1 Å². The normalized spacial score (nSPS) is 18.6. The quantitative estimate of drug-likeness (QED) is 0.410. The summed E-state index contributed by atoms with van der Waals surface area (Å²) >= 11 is 0. The smallest absolute Gasteiger partial charge is 0.260 e. The Morgan fingerprint density at radius 2 is 2.03 bits per heavy atom. The average molecular weight is 464 g/mol. The Hall–Kier alpha value is -3.68. The van der Waals surface area contributed by atoms with Gasteiger partial charge in [-0.3, -0.25) is 14.9 Å². The fourth-order valence-corrected chi connectivity index (χ4v) is 3.89. The number of fused-ring (bicyclic) bond motifs is 1. The van der Waals surface area contributed by atoms with Crippen molar-refractivity contribution in [3.63, 3.8) is 0 Å². The van der Waals surface area contributed by atoms with Crippen LogP contribution in [-0.4, -0.2) is 32.0 Å². The number of aromatic amines is 1. The Labute approximate surface area is 196 Å². The number of alkyl halides is 2. The van der Waals surface area contributed by atoms with Crippen LogP contribution in [0.2, 0.25) is 0 Å². The van der Waals surface area contributed by atoms with Crippen LogP contribution in [0.3, 0.4) is 0 Å². The average Bonchev–Trinajstić information content (AvgIpc) is 3.20. The summed E-state index contributed by atoms with van der Waals surface area (Å²) in [5.74, 6) is -4.68. The van der Waals surface area contributed by atoms with E-state index in [-0.39, 0.29) is 5.82 Å². The first-order valence-electron chi connectivity index (χ1n) is 11.2. The number of halogens is 2. The second-order valence-electron chi connectivity index (χ2n) is 8.54. The lowest BCUT2D eigenvalue weighted by atomic mass is 9.94. The zero-order valence-corrected chi connectivity index (χ0v) is 19.6. The van der Waals surface area contributed by atoms with Crippen molar-refractivity contribution in [1.29, 1.82) is 0 Å². The molecular weight excluding hydrogens is 436 g/mol. The molecule has 1 aliphatic carbocycles. The van der Waals surface area contributed by atoms with E-state index in [2.05, 4.69) is 52.3 Å². The summed E-state index contributed by atoms with van der Waals surface area (Å²) in [7, 11) is 0. The number of hydrogen-bond acceptors (Lipinski definition) is 4. The molecule has 1 fully saturated rings. The summed E-state index contributed by atoms with van der Waals surface area (Å²) in [5, 5.41) is 10.4. The molecule has 1 atom stereocenters. The first-order chi connectivity index (χ1) is 16.2. The van der Waals surface area contributed by atoms with E-state index in [4.69, 9.17) is 0 Å². The van der Waals surface area contributed by atoms with Gasteiger partial charge in [0, 0.05) is 42.0 Å². The number of anilines is 1. The first-order valence-corrected chi connectivity index (χ1v) is 11.2. The van der Waals surface area contributed by atoms with Gasteiger partial charge in [0.05, 0.1) is 11.2 Å². The minimum absolute atomic E-state index is 0.215. The fourth-order valence-electron chi connectivity index (χ4n) is 3.89. The van der Waals surface area contributed by atoms with Crippen molar-refractivity contribution in [2.45, 2.75) is 46.5 Å². The molecule has 1 amide bonds. The van der Waals surface area contributed by atoms with E-state index >= 15 is 0 Å². The number of hydrogen-bond donors (Lipinski definition) is 2. The highest BCUT2D eigenvalue weighted by atomic mass is 19.3. The van der Waals surface area contributed by atoms with Crippen molar-refractivity contribution in [1.82, 2.24) is 20.2 Å². The number of H-pyrrole nitrogens is 1. The van der Waals surface area contributed by atoms with Crippen LogP contribution < -0.4 is 5.32 Å². The molecule has 176 valence electrons. The molecule has 1 aliphatic rings. The number of nitrogens with zero attached hydrogens (tertiary/aromatic N) is 3. The molecule has 0 spiro atoms. The lowest BCUT2D eigenvalue weighted by molar-refractivity contribution is -0.119. The molecule has 0 aliphatic heterocycles. The largest absolute Gasteiger partial charge is 0.310 e. The van der Waals surface area contributed by atoms with Crippen molar-refractivity contribution in [3.8, 4) is 0 Å². The molecule has 1 saturated carbocycles. The van der Waals surface area contributed by atoms with Crippen LogP contribution in [0.4, 0.5) is 14.6 Å². The molecule has 6 nitrogen and oxygen atoms in total. The van der Waals surface area contributed by atoms with Gasteiger partial charge < -0.3 is 5.32 Å². The van der Waals surface area contributed by atoms with Crippen molar-refractivity contribution in [2.24, 2.45) is 5.92 Å². The first kappa shape index (κ1) is 23.5. The van der Waals surface area contributed by atoms with E-state index in [0.29, 0.717) is 5.52 Å². The molecule has 2 N–H and O–H groups in total. The maximum Gasteiger partial charge on any atom is 0.260 e. The Balaban J connectivity index is 1.60. The highest BCUT2D eigenvalue weighted by Crippen LogP contribution is 2.49. The molecule has 0 bridgehead atoms. The number of nitrogens with one attached hydrogen (secondary N) is 2. The molecule has 4 rings (SSSR count). The number of amides is 1. The molecule has 34 heavy (non-hydrogen) atoms. The van der Waals surface area contributed by atoms with Gasteiger partial charge in [0.2, 0.25) is 5.91 Å². The van der Waals surface area contributed by atoms with Gasteiger partial charge >= 0.3 is 0 Å². The molecule has 0 saturated heterocycles. The van der Waals surface area contributed by atoms with E-state index in [1.807, 2.05) is 25.1 Å². The number of rotatable bonds is 7. The van der Waals surface area contributed by atoms with Gasteiger partial charge in [0.15, 0.2) is 0 Å². The summed E-state index contributed by atoms with van der Waals surface area (Å²) in [6.07, 6.45) is 9.80. The molecule has 0 aromatic carbocycles. The van der Waals surface area contributed by atoms with Crippen LogP contribution >= 0.6 is 0 Å². The molecule has 3 aromatic rings. The topological polar surface area (TPSA) is 83.6 Å². The molecule has 8 heteroatoms. The van der Waals surface area contributed by atoms with E-state index in [1.165, 1.54) is 5.57 Å². The predicted molar refractivity (Wildman–Crippen MR) is 130 cm³/mol. The third-order valence-corrected chi connectivity index (χ3v) is 6.13. The minimum Gasteiger partial charge on any atom is -0.310 e. The van der Waals surface area contributed by atoms with Gasteiger partial charge in [-0.2, -0.15) is 5.10 Å². The van der Waals surface area contributed by atoms with Crippen LogP contribution in [0.25, 0.3) is 22.0 Å². The van der Waals surface area contributed by atoms with E-state index in [1.54, 1.807) is 24.7 Å². The minimum atomic E-state index is -2.91. The Bertz CT molecular complexity index is 1320. The van der Waals surface area contributed by atoms with Crippen molar-refractivity contribution >= 4 is 33.8 Å². The number of aromatic nitrogens is 4. The van der Waals surface area contributed by atoms with Crippen molar-refractivity contribution in [2.75, 3.05) is 5.32 Å². The summed E-state index contributed by atoms with van der Waals surface area (Å²) in [6, 6.07) is 5.53. The van der Waals surface area contributed by atoms with Gasteiger partial charge in [0.1, 0.15) is 11.7 Å². The monoisotopic (exact) mass is 463 g/mol. The summed E-state index contributed by atoms with van der Waals surface area (Å²) in [5.41, 5.74) is 6.97. The van der Waals surface area contributed by atoms with Crippen LogP contribution in [0, 0.1) is 5.92 Å². The standard InChI is InChI=1S/C26H27F2N5O/c1-5-15(3)20(22-7-8-31-33-22)9-16(4)19(6-2)17-10-18-14-30-24(11-23(18)29-13-17)32-25(34)21-12-26(21,27)28/h6-11,13-14,21H,5,12H2,1-4H3,(H,31,33)(H,30,32,34)/b16-9-,19-6+,20-15-. The maximum atomic E-state index is 13.1. The van der Waals surface area contributed by atoms with Crippen LogP contribution in [0.1, 0.15) is 51.8 Å². The number of carbonyl (C=O) groups excluding carboxylic acids is 1. The fraction of sp³-hybridized carbons (Fsp3) is 0.308. The molecule has 0 radical (unpaired) electrons. The van der Waals surface area contributed by atoms with Gasteiger partial charge in [-0.25, -0.2) is 13.8 Å². The highest BCUT2D eigenvalue weighted by Gasteiger charge is 2.61. The van der Waals surface area contributed by atoms with Crippen molar-refractivity contribution < 1.29 is 13.6 Å². The van der Waals surface area contributed by atoms with E-state index in [0.717, 1.165) is 39.8 Å². The maximum absolute atomic E-state index is 13.1. The van der Waals surface area contributed by atoms with Crippen LogP contribution in [-0.2, 0) is 4.79 Å². The van der Waals surface area contributed by atoms with Gasteiger partial charge in [-0.05, 0) is 62.1 Å². The molecule has 3 aromatic heterocycles. The molecular formula is C26H27F2N5O. The summed E-state index contributed by atoms with van der Waals surface area (Å²) in [6.45, 7) is 8.27.